The van der Waals surface area contributed by atoms with Gasteiger partial charge in [-0.25, -0.2) is 0 Å². The minimum atomic E-state index is -2.48. The molecule has 126 valence electrons. The first-order chi connectivity index (χ1) is 10.3. The second-order valence-electron chi connectivity index (χ2n) is 4.82. The lowest BCUT2D eigenvalue weighted by atomic mass is 10.3. The molecule has 0 N–H and O–H groups in total. The molecule has 0 atom stereocenters. The van der Waals surface area contributed by atoms with E-state index in [-0.39, 0.29) is 30.9 Å². The van der Waals surface area contributed by atoms with E-state index in [1.54, 1.807) is 0 Å². The molecule has 1 rings (SSSR count). The Balaban J connectivity index is 3.19. The quantitative estimate of drug-likeness (QED) is 0.185. The molecule has 0 unspecified atom stereocenters. The molecule has 0 aliphatic carbocycles. The molecule has 8 heteroatoms. The van der Waals surface area contributed by atoms with Crippen molar-refractivity contribution in [1.82, 2.24) is 0 Å². The van der Waals surface area contributed by atoms with Crippen molar-refractivity contribution >= 4 is 66.6 Å². The molecule has 0 saturated carbocycles. The Kier molecular flexibility index (Phi) is 8.67. The lowest BCUT2D eigenvalue weighted by Crippen LogP contribution is -2.44. The molecule has 0 aromatic heterocycles. The summed E-state index contributed by atoms with van der Waals surface area (Å²) < 4.78 is 12.2. The van der Waals surface area contributed by atoms with Crippen LogP contribution in [0.1, 0.15) is 33.6 Å². The molecule has 0 heterocycles. The standard InChI is InChI=1S/C14H19Cl5O2Si/c1-4-7-8-20-22(5-2,6-3)21-14-12(18)10(16)9(15)11(17)13(14)19/h4-8H2,1-3H3. The zero-order valence-corrected chi connectivity index (χ0v) is 17.5. The molecule has 0 spiro atoms. The lowest BCUT2D eigenvalue weighted by molar-refractivity contribution is 0.233. The van der Waals surface area contributed by atoms with Crippen molar-refractivity contribution in [2.24, 2.45) is 0 Å². The Labute approximate surface area is 158 Å². The van der Waals surface area contributed by atoms with E-state index >= 15 is 0 Å². The summed E-state index contributed by atoms with van der Waals surface area (Å²) in [6.07, 6.45) is 2.03. The van der Waals surface area contributed by atoms with E-state index in [4.69, 9.17) is 66.9 Å². The van der Waals surface area contributed by atoms with Gasteiger partial charge in [-0.2, -0.15) is 0 Å². The van der Waals surface area contributed by atoms with Gasteiger partial charge in [0.05, 0.1) is 15.1 Å². The highest BCUT2D eigenvalue weighted by atomic mass is 35.5. The van der Waals surface area contributed by atoms with E-state index in [0.717, 1.165) is 24.9 Å². The molecule has 0 saturated heterocycles. The van der Waals surface area contributed by atoms with E-state index in [2.05, 4.69) is 6.92 Å². The van der Waals surface area contributed by atoms with Crippen molar-refractivity contribution in [2.45, 2.75) is 45.7 Å². The fourth-order valence-electron chi connectivity index (χ4n) is 1.89. The summed E-state index contributed by atoms with van der Waals surface area (Å²) in [4.78, 5) is 0. The van der Waals surface area contributed by atoms with Crippen LogP contribution in [-0.2, 0) is 4.43 Å². The zero-order chi connectivity index (χ0) is 16.9. The lowest BCUT2D eigenvalue weighted by Gasteiger charge is -2.30. The molecule has 0 bridgehead atoms. The highest BCUT2D eigenvalue weighted by molar-refractivity contribution is 6.68. The summed E-state index contributed by atoms with van der Waals surface area (Å²) in [5.74, 6) is 0.259. The number of unbranched alkanes of at least 4 members (excludes halogenated alkanes) is 1. The summed E-state index contributed by atoms with van der Waals surface area (Å²) >= 11 is 30.7. The third kappa shape index (κ3) is 4.59. The Morgan fingerprint density at radius 2 is 1.23 bits per heavy atom. The van der Waals surface area contributed by atoms with Crippen LogP contribution in [-0.4, -0.2) is 15.2 Å². The van der Waals surface area contributed by atoms with Gasteiger partial charge in [0.15, 0.2) is 0 Å². The number of hydrogen-bond acceptors (Lipinski definition) is 2. The molecule has 0 amide bonds. The summed E-state index contributed by atoms with van der Waals surface area (Å²) in [7, 11) is -2.48. The largest absolute Gasteiger partial charge is 0.518 e. The van der Waals surface area contributed by atoms with Crippen LogP contribution in [0, 0.1) is 0 Å². The van der Waals surface area contributed by atoms with Gasteiger partial charge in [0, 0.05) is 6.61 Å². The van der Waals surface area contributed by atoms with Crippen molar-refractivity contribution in [2.75, 3.05) is 6.61 Å². The number of hydrogen-bond donors (Lipinski definition) is 0. The Morgan fingerprint density at radius 3 is 1.64 bits per heavy atom. The van der Waals surface area contributed by atoms with Crippen LogP contribution >= 0.6 is 58.0 Å². The number of halogens is 5. The van der Waals surface area contributed by atoms with Crippen molar-refractivity contribution < 1.29 is 8.85 Å². The van der Waals surface area contributed by atoms with E-state index in [9.17, 15) is 0 Å². The Bertz CT molecular complexity index is 491. The molecule has 22 heavy (non-hydrogen) atoms. The third-order valence-electron chi connectivity index (χ3n) is 3.40. The highest BCUT2D eigenvalue weighted by Crippen LogP contribution is 2.49. The maximum atomic E-state index is 6.24. The monoisotopic (exact) mass is 422 g/mol. The molecule has 1 aromatic carbocycles. The first-order valence-corrected chi connectivity index (χ1v) is 11.3. The van der Waals surface area contributed by atoms with Gasteiger partial charge in [-0.15, -0.1) is 0 Å². The van der Waals surface area contributed by atoms with Gasteiger partial charge in [0.1, 0.15) is 15.8 Å². The predicted molar refractivity (Wildman–Crippen MR) is 99.7 cm³/mol. The van der Waals surface area contributed by atoms with Crippen LogP contribution < -0.4 is 4.43 Å². The first-order valence-electron chi connectivity index (χ1n) is 7.17. The van der Waals surface area contributed by atoms with Crippen molar-refractivity contribution in [3.8, 4) is 5.75 Å². The number of rotatable bonds is 8. The fourth-order valence-corrected chi connectivity index (χ4v) is 5.57. The van der Waals surface area contributed by atoms with E-state index in [1.807, 2.05) is 13.8 Å². The van der Waals surface area contributed by atoms with Gasteiger partial charge in [-0.05, 0) is 18.5 Å². The van der Waals surface area contributed by atoms with E-state index in [1.165, 1.54) is 0 Å². The van der Waals surface area contributed by atoms with Gasteiger partial charge in [0.2, 0.25) is 0 Å². The average Bonchev–Trinajstić information content (AvgIpc) is 2.54. The van der Waals surface area contributed by atoms with Gasteiger partial charge in [0.25, 0.3) is 0 Å². The van der Waals surface area contributed by atoms with Crippen LogP contribution in [0.4, 0.5) is 0 Å². The van der Waals surface area contributed by atoms with Crippen LogP contribution in [0.25, 0.3) is 0 Å². The topological polar surface area (TPSA) is 18.5 Å². The SMILES string of the molecule is CCCCO[Si](CC)(CC)Oc1c(Cl)c(Cl)c(Cl)c(Cl)c1Cl. The highest BCUT2D eigenvalue weighted by Gasteiger charge is 2.38. The Morgan fingerprint density at radius 1 is 0.773 bits per heavy atom. The predicted octanol–water partition coefficient (Wildman–Crippen LogP) is 7.63. The molecule has 0 fully saturated rings. The molecular weight excluding hydrogens is 406 g/mol. The zero-order valence-electron chi connectivity index (χ0n) is 12.7. The first kappa shape index (κ1) is 20.7. The normalized spacial score (nSPS) is 11.8. The minimum Gasteiger partial charge on any atom is -0.518 e. The molecular formula is C14H19Cl5O2Si. The second-order valence-corrected chi connectivity index (χ2v) is 10.4. The van der Waals surface area contributed by atoms with Crippen LogP contribution in [0.2, 0.25) is 37.2 Å². The van der Waals surface area contributed by atoms with Gasteiger partial charge in [-0.3, -0.25) is 0 Å². The van der Waals surface area contributed by atoms with E-state index < -0.39 is 8.56 Å². The van der Waals surface area contributed by atoms with Crippen molar-refractivity contribution in [3.63, 3.8) is 0 Å². The second kappa shape index (κ2) is 9.21. The van der Waals surface area contributed by atoms with Gasteiger partial charge < -0.3 is 8.85 Å². The summed E-state index contributed by atoms with van der Waals surface area (Å²) in [5, 5.41) is 0.725. The fraction of sp³-hybridized carbons (Fsp3) is 0.571. The maximum Gasteiger partial charge on any atom is 0.398 e. The summed E-state index contributed by atoms with van der Waals surface area (Å²) in [5.41, 5.74) is 0. The molecule has 2 nitrogen and oxygen atoms in total. The minimum absolute atomic E-state index is 0.123. The summed E-state index contributed by atoms with van der Waals surface area (Å²) in [6, 6.07) is 1.52. The van der Waals surface area contributed by atoms with Crippen LogP contribution in [0.3, 0.4) is 0 Å². The smallest absolute Gasteiger partial charge is 0.398 e. The molecule has 0 aliphatic heterocycles. The third-order valence-corrected chi connectivity index (χ3v) is 9.10. The van der Waals surface area contributed by atoms with Crippen LogP contribution in [0.5, 0.6) is 5.75 Å². The van der Waals surface area contributed by atoms with Crippen molar-refractivity contribution in [1.29, 1.82) is 0 Å². The van der Waals surface area contributed by atoms with Crippen LogP contribution in [0.15, 0.2) is 0 Å². The molecule has 1 aromatic rings. The molecule has 0 radical (unpaired) electrons. The molecule has 0 aliphatic rings. The number of benzene rings is 1. The Hall–Kier alpha value is 0.647. The van der Waals surface area contributed by atoms with Gasteiger partial charge >= 0.3 is 8.56 Å². The summed E-state index contributed by atoms with van der Waals surface area (Å²) in [6.45, 7) is 6.82. The maximum absolute atomic E-state index is 6.24. The average molecular weight is 425 g/mol. The van der Waals surface area contributed by atoms with Gasteiger partial charge in [-0.1, -0.05) is 85.2 Å². The van der Waals surface area contributed by atoms with Crippen molar-refractivity contribution in [3.05, 3.63) is 25.1 Å². The van der Waals surface area contributed by atoms with E-state index in [0.29, 0.717) is 6.61 Å².